The molecule has 1 aliphatic heterocycles. The Labute approximate surface area is 139 Å². The molecule has 1 N–H and O–H groups in total. The number of piperidine rings is 1. The fourth-order valence-corrected chi connectivity index (χ4v) is 3.43. The summed E-state index contributed by atoms with van der Waals surface area (Å²) in [5.41, 5.74) is 1.58. The van der Waals surface area contributed by atoms with Gasteiger partial charge >= 0.3 is 0 Å². The van der Waals surface area contributed by atoms with Crippen molar-refractivity contribution >= 4 is 11.0 Å². The highest BCUT2D eigenvalue weighted by Crippen LogP contribution is 2.30. The number of nitrogens with zero attached hydrogens (tertiary/aromatic N) is 5. The van der Waals surface area contributed by atoms with Crippen LogP contribution in [0, 0.1) is 0 Å². The maximum atomic E-state index is 12.2. The molecular weight excluding hydrogens is 304 g/mol. The number of aromatic nitrogens is 5. The largest absolute Gasteiger partial charge is 0.309 e. The monoisotopic (exact) mass is 324 g/mol. The number of likely N-dealkylation sites (tertiary alicyclic amines) is 1. The molecule has 24 heavy (non-hydrogen) atoms. The average molecular weight is 324 g/mol. The zero-order chi connectivity index (χ0) is 16.5. The SMILES string of the molecule is Cn1ncc2c(=O)[nH]c(CN3CCCCC3c3ccccn3)nc21. The summed E-state index contributed by atoms with van der Waals surface area (Å²) >= 11 is 0. The Hall–Kier alpha value is -2.54. The summed E-state index contributed by atoms with van der Waals surface area (Å²) in [6.45, 7) is 1.59. The number of H-pyrrole nitrogens is 1. The van der Waals surface area contributed by atoms with E-state index in [1.54, 1.807) is 17.9 Å². The van der Waals surface area contributed by atoms with Crippen LogP contribution in [0.15, 0.2) is 35.4 Å². The Bertz CT molecular complexity index is 900. The molecule has 7 heteroatoms. The molecule has 0 bridgehead atoms. The van der Waals surface area contributed by atoms with Crippen molar-refractivity contribution in [1.29, 1.82) is 0 Å². The van der Waals surface area contributed by atoms with Crippen LogP contribution in [-0.4, -0.2) is 36.2 Å². The molecule has 0 radical (unpaired) electrons. The van der Waals surface area contributed by atoms with Crippen molar-refractivity contribution in [1.82, 2.24) is 29.6 Å². The minimum Gasteiger partial charge on any atom is -0.309 e. The number of hydrogen-bond acceptors (Lipinski definition) is 5. The molecule has 0 aromatic carbocycles. The van der Waals surface area contributed by atoms with Crippen LogP contribution in [0.2, 0.25) is 0 Å². The van der Waals surface area contributed by atoms with Gasteiger partial charge in [0.05, 0.1) is 24.5 Å². The molecule has 0 spiro atoms. The van der Waals surface area contributed by atoms with Crippen molar-refractivity contribution in [3.05, 3.63) is 52.5 Å². The molecule has 3 aromatic heterocycles. The van der Waals surface area contributed by atoms with E-state index in [1.807, 2.05) is 18.3 Å². The summed E-state index contributed by atoms with van der Waals surface area (Å²) in [6, 6.07) is 6.30. The summed E-state index contributed by atoms with van der Waals surface area (Å²) in [5.74, 6) is 0.680. The van der Waals surface area contributed by atoms with Gasteiger partial charge in [0.25, 0.3) is 5.56 Å². The highest BCUT2D eigenvalue weighted by Gasteiger charge is 2.25. The van der Waals surface area contributed by atoms with Gasteiger partial charge in [-0.25, -0.2) is 4.98 Å². The summed E-state index contributed by atoms with van der Waals surface area (Å²) in [4.78, 5) is 26.6. The van der Waals surface area contributed by atoms with Crippen LogP contribution in [0.1, 0.15) is 36.8 Å². The molecular formula is C17H20N6O. The molecule has 124 valence electrons. The van der Waals surface area contributed by atoms with E-state index >= 15 is 0 Å². The van der Waals surface area contributed by atoms with Crippen LogP contribution in [-0.2, 0) is 13.6 Å². The number of pyridine rings is 1. The maximum Gasteiger partial charge on any atom is 0.262 e. The van der Waals surface area contributed by atoms with E-state index in [2.05, 4.69) is 31.0 Å². The lowest BCUT2D eigenvalue weighted by atomic mass is 9.99. The zero-order valence-electron chi connectivity index (χ0n) is 13.6. The molecule has 1 fully saturated rings. The molecule has 4 heterocycles. The van der Waals surface area contributed by atoms with Crippen LogP contribution in [0.3, 0.4) is 0 Å². The Morgan fingerprint density at radius 1 is 1.33 bits per heavy atom. The quantitative estimate of drug-likeness (QED) is 0.794. The van der Waals surface area contributed by atoms with E-state index in [0.717, 1.165) is 25.1 Å². The van der Waals surface area contributed by atoms with E-state index in [1.165, 1.54) is 6.42 Å². The molecule has 0 aliphatic carbocycles. The van der Waals surface area contributed by atoms with Crippen molar-refractivity contribution in [2.45, 2.75) is 31.8 Å². The number of rotatable bonds is 3. The predicted octanol–water partition coefficient (Wildman–Crippen LogP) is 1.78. The first-order chi connectivity index (χ1) is 11.7. The normalized spacial score (nSPS) is 19.0. The molecule has 0 saturated carbocycles. The van der Waals surface area contributed by atoms with E-state index in [-0.39, 0.29) is 11.6 Å². The van der Waals surface area contributed by atoms with Crippen LogP contribution in [0.25, 0.3) is 11.0 Å². The van der Waals surface area contributed by atoms with Crippen molar-refractivity contribution in [2.75, 3.05) is 6.54 Å². The molecule has 3 aromatic rings. The first-order valence-corrected chi connectivity index (χ1v) is 8.28. The number of hydrogen-bond donors (Lipinski definition) is 1. The molecule has 7 nitrogen and oxygen atoms in total. The summed E-state index contributed by atoms with van der Waals surface area (Å²) in [5, 5.41) is 4.65. The Morgan fingerprint density at radius 3 is 3.08 bits per heavy atom. The topological polar surface area (TPSA) is 79.7 Å². The third-order valence-electron chi connectivity index (χ3n) is 4.65. The number of nitrogens with one attached hydrogen (secondary N) is 1. The Kier molecular flexibility index (Phi) is 3.86. The lowest BCUT2D eigenvalue weighted by Crippen LogP contribution is -2.34. The smallest absolute Gasteiger partial charge is 0.262 e. The second kappa shape index (κ2) is 6.16. The fraction of sp³-hybridized carbons (Fsp3) is 0.412. The Balaban J connectivity index is 1.65. The summed E-state index contributed by atoms with van der Waals surface area (Å²) in [7, 11) is 1.80. The van der Waals surface area contributed by atoms with Gasteiger partial charge in [0, 0.05) is 13.2 Å². The zero-order valence-corrected chi connectivity index (χ0v) is 13.6. The lowest BCUT2D eigenvalue weighted by Gasteiger charge is -2.34. The minimum absolute atomic E-state index is 0.130. The molecule has 1 atom stereocenters. The van der Waals surface area contributed by atoms with Crippen molar-refractivity contribution in [2.24, 2.45) is 7.05 Å². The van der Waals surface area contributed by atoms with E-state index < -0.39 is 0 Å². The third kappa shape index (κ3) is 2.71. The molecule has 1 unspecified atom stereocenters. The van der Waals surface area contributed by atoms with Crippen LogP contribution in [0.5, 0.6) is 0 Å². The highest BCUT2D eigenvalue weighted by molar-refractivity contribution is 5.72. The van der Waals surface area contributed by atoms with Gasteiger partial charge in [-0.2, -0.15) is 5.10 Å². The number of aromatic amines is 1. The molecule has 4 rings (SSSR count). The van der Waals surface area contributed by atoms with Crippen LogP contribution in [0.4, 0.5) is 0 Å². The fourth-order valence-electron chi connectivity index (χ4n) is 3.43. The number of aryl methyl sites for hydroxylation is 1. The van der Waals surface area contributed by atoms with Crippen molar-refractivity contribution in [3.63, 3.8) is 0 Å². The summed E-state index contributed by atoms with van der Waals surface area (Å²) in [6.07, 6.45) is 6.83. The molecule has 1 aliphatic rings. The minimum atomic E-state index is -0.130. The average Bonchev–Trinajstić information content (AvgIpc) is 2.98. The van der Waals surface area contributed by atoms with E-state index in [0.29, 0.717) is 23.4 Å². The predicted molar refractivity (Wildman–Crippen MR) is 90.4 cm³/mol. The molecule has 0 amide bonds. The summed E-state index contributed by atoms with van der Waals surface area (Å²) < 4.78 is 1.64. The Morgan fingerprint density at radius 2 is 2.25 bits per heavy atom. The maximum absolute atomic E-state index is 12.2. The van der Waals surface area contributed by atoms with Gasteiger partial charge in [0.15, 0.2) is 5.65 Å². The lowest BCUT2D eigenvalue weighted by molar-refractivity contribution is 0.133. The molecule has 1 saturated heterocycles. The van der Waals surface area contributed by atoms with Gasteiger partial charge in [0.2, 0.25) is 0 Å². The van der Waals surface area contributed by atoms with Crippen LogP contribution < -0.4 is 5.56 Å². The first-order valence-electron chi connectivity index (χ1n) is 8.28. The van der Waals surface area contributed by atoms with Gasteiger partial charge < -0.3 is 4.98 Å². The first kappa shape index (κ1) is 15.0. The third-order valence-corrected chi connectivity index (χ3v) is 4.65. The van der Waals surface area contributed by atoms with Crippen molar-refractivity contribution < 1.29 is 0 Å². The van der Waals surface area contributed by atoms with Gasteiger partial charge in [-0.3, -0.25) is 19.4 Å². The van der Waals surface area contributed by atoms with Gasteiger partial charge in [-0.1, -0.05) is 12.5 Å². The second-order valence-corrected chi connectivity index (χ2v) is 6.25. The number of fused-ring (bicyclic) bond motifs is 1. The van der Waals surface area contributed by atoms with E-state index in [4.69, 9.17) is 0 Å². The second-order valence-electron chi connectivity index (χ2n) is 6.25. The van der Waals surface area contributed by atoms with Crippen LogP contribution >= 0.6 is 0 Å². The van der Waals surface area contributed by atoms with Crippen molar-refractivity contribution in [3.8, 4) is 0 Å². The van der Waals surface area contributed by atoms with E-state index in [9.17, 15) is 4.79 Å². The standard InChI is InChI=1S/C17H20N6O/c1-22-16-12(10-19-22)17(24)21-15(20-16)11-23-9-5-3-7-14(23)13-6-2-4-8-18-13/h2,4,6,8,10,14H,3,5,7,9,11H2,1H3,(H,20,21,24). The van der Waals surface area contributed by atoms with Gasteiger partial charge in [-0.05, 0) is 31.5 Å². The van der Waals surface area contributed by atoms with Gasteiger partial charge in [-0.15, -0.1) is 0 Å². The highest BCUT2D eigenvalue weighted by atomic mass is 16.1. The van der Waals surface area contributed by atoms with Gasteiger partial charge in [0.1, 0.15) is 11.2 Å².